The van der Waals surface area contributed by atoms with Crippen LogP contribution in [0.4, 0.5) is 5.69 Å². The van der Waals surface area contributed by atoms with Gasteiger partial charge in [0, 0.05) is 26.1 Å². The normalized spacial score (nSPS) is 12.1. The number of fused-ring (bicyclic) bond motifs is 1. The summed E-state index contributed by atoms with van der Waals surface area (Å²) in [5.74, 6) is 1.16. The van der Waals surface area contributed by atoms with Gasteiger partial charge in [-0.15, -0.1) is 0 Å². The van der Waals surface area contributed by atoms with E-state index < -0.39 is 0 Å². The van der Waals surface area contributed by atoms with Crippen molar-refractivity contribution in [3.8, 4) is 11.5 Å². The predicted molar refractivity (Wildman–Crippen MR) is 166 cm³/mol. The van der Waals surface area contributed by atoms with Gasteiger partial charge in [0.05, 0.1) is 23.7 Å². The van der Waals surface area contributed by atoms with Crippen molar-refractivity contribution in [2.24, 2.45) is 5.10 Å². The number of aryl methyl sites for hydroxylation is 1. The van der Waals surface area contributed by atoms with Gasteiger partial charge in [0.15, 0.2) is 18.1 Å². The molecule has 0 aliphatic rings. The molecule has 0 spiro atoms. The molecule has 10 heteroatoms. The lowest BCUT2D eigenvalue weighted by molar-refractivity contribution is -0.118. The summed E-state index contributed by atoms with van der Waals surface area (Å²) in [6.45, 7) is 8.10. The minimum atomic E-state index is -0.291. The maximum absolute atomic E-state index is 13.4. The van der Waals surface area contributed by atoms with Crippen LogP contribution < -0.4 is 20.3 Å². The second-order valence-electron chi connectivity index (χ2n) is 9.26. The molecule has 0 aliphatic heterocycles. The Bertz CT molecular complexity index is 1620. The van der Waals surface area contributed by atoms with Gasteiger partial charge in [-0.2, -0.15) is 9.78 Å². The van der Waals surface area contributed by atoms with E-state index in [9.17, 15) is 9.59 Å². The van der Waals surface area contributed by atoms with Crippen LogP contribution in [0.3, 0.4) is 0 Å². The fourth-order valence-corrected chi connectivity index (χ4v) is 4.69. The van der Waals surface area contributed by atoms with Crippen LogP contribution >= 0.6 is 31.9 Å². The SMILES string of the molecule is CCOc1cc(C=Nn2c([C@H](C)CC)nc3ccc(Br)cc3c2=O)c(Br)cc1OCC(=O)Nc1ccc(C)cc1. The molecule has 1 aromatic heterocycles. The molecule has 1 heterocycles. The van der Waals surface area contributed by atoms with Crippen molar-refractivity contribution in [3.05, 3.63) is 90.8 Å². The van der Waals surface area contributed by atoms with Crippen LogP contribution in [-0.4, -0.2) is 35.0 Å². The molecule has 208 valence electrons. The zero-order valence-electron chi connectivity index (χ0n) is 22.7. The lowest BCUT2D eigenvalue weighted by atomic mass is 10.1. The van der Waals surface area contributed by atoms with Crippen molar-refractivity contribution in [1.82, 2.24) is 9.66 Å². The molecule has 3 aromatic carbocycles. The molecule has 1 N–H and O–H groups in total. The number of benzene rings is 3. The van der Waals surface area contributed by atoms with E-state index in [1.807, 2.05) is 64.1 Å². The number of carbonyl (C=O) groups is 1. The minimum absolute atomic E-state index is 0.0159. The Kier molecular flexibility index (Phi) is 9.76. The van der Waals surface area contributed by atoms with Crippen molar-refractivity contribution in [1.29, 1.82) is 0 Å². The number of amides is 1. The van der Waals surface area contributed by atoms with Crippen molar-refractivity contribution >= 4 is 60.6 Å². The summed E-state index contributed by atoms with van der Waals surface area (Å²) in [5.41, 5.74) is 2.84. The third-order valence-electron chi connectivity index (χ3n) is 6.26. The molecule has 0 unspecified atom stereocenters. The first-order valence-electron chi connectivity index (χ1n) is 12.9. The van der Waals surface area contributed by atoms with E-state index in [0.717, 1.165) is 16.5 Å². The van der Waals surface area contributed by atoms with Crippen molar-refractivity contribution in [2.45, 2.75) is 40.0 Å². The van der Waals surface area contributed by atoms with Gasteiger partial charge in [-0.1, -0.05) is 47.5 Å². The first kappa shape index (κ1) is 29.5. The highest BCUT2D eigenvalue weighted by atomic mass is 79.9. The summed E-state index contributed by atoms with van der Waals surface area (Å²) in [6.07, 6.45) is 2.38. The smallest absolute Gasteiger partial charge is 0.282 e. The molecule has 0 bridgehead atoms. The van der Waals surface area contributed by atoms with Gasteiger partial charge in [0.25, 0.3) is 11.5 Å². The van der Waals surface area contributed by atoms with Gasteiger partial charge in [-0.25, -0.2) is 4.98 Å². The third kappa shape index (κ3) is 6.98. The lowest BCUT2D eigenvalue weighted by Crippen LogP contribution is -2.23. The maximum atomic E-state index is 13.4. The molecule has 0 saturated carbocycles. The summed E-state index contributed by atoms with van der Waals surface area (Å²) >= 11 is 7.00. The van der Waals surface area contributed by atoms with Gasteiger partial charge in [0.1, 0.15) is 5.82 Å². The number of aromatic nitrogens is 2. The minimum Gasteiger partial charge on any atom is -0.490 e. The number of rotatable bonds is 10. The van der Waals surface area contributed by atoms with Gasteiger partial charge in [-0.05, 0) is 78.7 Å². The summed E-state index contributed by atoms with van der Waals surface area (Å²) < 4.78 is 14.4. The third-order valence-corrected chi connectivity index (χ3v) is 7.44. The Labute approximate surface area is 249 Å². The molecular formula is C30H30Br2N4O4. The van der Waals surface area contributed by atoms with Gasteiger partial charge in [0.2, 0.25) is 0 Å². The van der Waals surface area contributed by atoms with E-state index in [4.69, 9.17) is 14.5 Å². The van der Waals surface area contributed by atoms with E-state index >= 15 is 0 Å². The van der Waals surface area contributed by atoms with Gasteiger partial charge in [-0.3, -0.25) is 9.59 Å². The van der Waals surface area contributed by atoms with Crippen molar-refractivity contribution < 1.29 is 14.3 Å². The van der Waals surface area contributed by atoms with Crippen LogP contribution in [0.2, 0.25) is 0 Å². The summed E-state index contributed by atoms with van der Waals surface area (Å²) in [4.78, 5) is 30.7. The highest BCUT2D eigenvalue weighted by Crippen LogP contribution is 2.33. The molecule has 1 amide bonds. The number of nitrogens with one attached hydrogen (secondary N) is 1. The van der Waals surface area contributed by atoms with Gasteiger partial charge < -0.3 is 14.8 Å². The molecule has 0 fully saturated rings. The fourth-order valence-electron chi connectivity index (χ4n) is 3.91. The molecule has 8 nitrogen and oxygen atoms in total. The molecule has 4 aromatic rings. The molecule has 4 rings (SSSR count). The number of ether oxygens (including phenoxy) is 2. The van der Waals surface area contributed by atoms with Gasteiger partial charge >= 0.3 is 0 Å². The highest BCUT2D eigenvalue weighted by molar-refractivity contribution is 9.10. The second-order valence-corrected chi connectivity index (χ2v) is 11.0. The number of hydrogen-bond acceptors (Lipinski definition) is 6. The van der Waals surface area contributed by atoms with Crippen LogP contribution in [0.15, 0.2) is 73.4 Å². The topological polar surface area (TPSA) is 94.8 Å². The molecule has 0 aliphatic carbocycles. The number of carbonyl (C=O) groups excluding carboxylic acids is 1. The summed E-state index contributed by atoms with van der Waals surface area (Å²) in [7, 11) is 0. The van der Waals surface area contributed by atoms with Crippen LogP contribution in [0, 0.1) is 6.92 Å². The first-order valence-corrected chi connectivity index (χ1v) is 14.5. The zero-order chi connectivity index (χ0) is 28.8. The number of hydrogen-bond donors (Lipinski definition) is 1. The highest BCUT2D eigenvalue weighted by Gasteiger charge is 2.17. The van der Waals surface area contributed by atoms with E-state index in [1.54, 1.807) is 24.4 Å². The predicted octanol–water partition coefficient (Wildman–Crippen LogP) is 7.04. The molecule has 0 saturated heterocycles. The van der Waals surface area contributed by atoms with Crippen LogP contribution in [0.5, 0.6) is 11.5 Å². The second kappa shape index (κ2) is 13.2. The Hall–Kier alpha value is -3.50. The standard InChI is InChI=1S/C30H30Br2N4O4/c1-5-19(4)29-35-25-12-9-21(31)14-23(25)30(38)36(29)33-16-20-13-26(39-6-2)27(15-24(20)32)40-17-28(37)34-22-10-7-18(3)8-11-22/h7-16,19H,5-6,17H2,1-4H3,(H,34,37)/t19-/m1/s1. The molecule has 0 radical (unpaired) electrons. The average Bonchev–Trinajstić information content (AvgIpc) is 2.94. The van der Waals surface area contributed by atoms with E-state index in [0.29, 0.717) is 50.6 Å². The van der Waals surface area contributed by atoms with Crippen LogP contribution in [0.25, 0.3) is 10.9 Å². The molecule has 1 atom stereocenters. The molecule has 40 heavy (non-hydrogen) atoms. The summed E-state index contributed by atoms with van der Waals surface area (Å²) in [6, 6.07) is 16.4. The number of anilines is 1. The zero-order valence-corrected chi connectivity index (χ0v) is 25.9. The Morgan fingerprint density at radius 3 is 2.50 bits per heavy atom. The van der Waals surface area contributed by atoms with Crippen LogP contribution in [-0.2, 0) is 4.79 Å². The first-order chi connectivity index (χ1) is 19.2. The van der Waals surface area contributed by atoms with Crippen molar-refractivity contribution in [2.75, 3.05) is 18.5 Å². The summed E-state index contributed by atoms with van der Waals surface area (Å²) in [5, 5.41) is 7.84. The Morgan fingerprint density at radius 1 is 1.07 bits per heavy atom. The van der Waals surface area contributed by atoms with Crippen molar-refractivity contribution in [3.63, 3.8) is 0 Å². The lowest BCUT2D eigenvalue weighted by Gasteiger charge is -2.15. The maximum Gasteiger partial charge on any atom is 0.282 e. The monoisotopic (exact) mass is 668 g/mol. The van der Waals surface area contributed by atoms with E-state index in [1.165, 1.54) is 4.68 Å². The van der Waals surface area contributed by atoms with Crippen LogP contribution in [0.1, 0.15) is 50.1 Å². The average molecular weight is 670 g/mol. The Balaban J connectivity index is 1.62. The Morgan fingerprint density at radius 2 is 1.80 bits per heavy atom. The fraction of sp³-hybridized carbons (Fsp3) is 0.267. The number of halogens is 2. The quantitative estimate of drug-likeness (QED) is 0.183. The van der Waals surface area contributed by atoms with E-state index in [2.05, 4.69) is 42.3 Å². The largest absolute Gasteiger partial charge is 0.490 e. The van der Waals surface area contributed by atoms with E-state index in [-0.39, 0.29) is 24.0 Å². The molecular weight excluding hydrogens is 640 g/mol. The number of nitrogens with zero attached hydrogens (tertiary/aromatic N) is 3.